The van der Waals surface area contributed by atoms with E-state index in [1.807, 2.05) is 18.2 Å². The summed E-state index contributed by atoms with van der Waals surface area (Å²) in [4.78, 5) is 30.2. The lowest BCUT2D eigenvalue weighted by molar-refractivity contribution is -0.125. The minimum atomic E-state index is -0.499. The van der Waals surface area contributed by atoms with Crippen LogP contribution in [0.1, 0.15) is 48.2 Å². The minimum Gasteiger partial charge on any atom is -0.496 e. The highest BCUT2D eigenvalue weighted by atomic mass is 35.5. The van der Waals surface area contributed by atoms with E-state index < -0.39 is 6.04 Å². The quantitative estimate of drug-likeness (QED) is 0.615. The van der Waals surface area contributed by atoms with Crippen molar-refractivity contribution >= 4 is 23.4 Å². The fourth-order valence-corrected chi connectivity index (χ4v) is 4.33. The maximum atomic E-state index is 13.2. The zero-order valence-electron chi connectivity index (χ0n) is 19.1. The number of carbonyl (C=O) groups excluding carboxylic acids is 2. The largest absolute Gasteiger partial charge is 0.496 e. The summed E-state index contributed by atoms with van der Waals surface area (Å²) in [7, 11) is 1.52. The topological polar surface area (TPSA) is 61.9 Å². The van der Waals surface area contributed by atoms with Crippen molar-refractivity contribution in [3.8, 4) is 5.75 Å². The lowest BCUT2D eigenvalue weighted by Crippen LogP contribution is -2.45. The van der Waals surface area contributed by atoms with Crippen LogP contribution in [0.5, 0.6) is 5.75 Å². The van der Waals surface area contributed by atoms with Crippen LogP contribution in [-0.4, -0.2) is 54.4 Å². The first kappa shape index (κ1) is 24.1. The van der Waals surface area contributed by atoms with E-state index in [0.717, 1.165) is 31.6 Å². The third-order valence-corrected chi connectivity index (χ3v) is 6.30. The van der Waals surface area contributed by atoms with Crippen LogP contribution in [0.3, 0.4) is 0 Å². The number of ether oxygens (including phenoxy) is 1. The molecule has 1 aliphatic heterocycles. The van der Waals surface area contributed by atoms with Gasteiger partial charge in [-0.1, -0.05) is 49.7 Å². The Labute approximate surface area is 195 Å². The Morgan fingerprint density at radius 2 is 1.88 bits per heavy atom. The average Bonchev–Trinajstić information content (AvgIpc) is 3.31. The molecule has 3 rings (SSSR count). The van der Waals surface area contributed by atoms with E-state index in [0.29, 0.717) is 35.8 Å². The molecular weight excluding hydrogens is 426 g/mol. The second kappa shape index (κ2) is 11.3. The van der Waals surface area contributed by atoms with Gasteiger partial charge in [-0.3, -0.25) is 14.5 Å². The van der Waals surface area contributed by atoms with Crippen LogP contribution in [-0.2, 0) is 17.9 Å². The van der Waals surface area contributed by atoms with Gasteiger partial charge in [0.05, 0.1) is 12.7 Å². The monoisotopic (exact) mass is 457 g/mol. The first-order valence-corrected chi connectivity index (χ1v) is 11.6. The van der Waals surface area contributed by atoms with Gasteiger partial charge in [-0.2, -0.15) is 0 Å². The molecule has 6 nitrogen and oxygen atoms in total. The first-order chi connectivity index (χ1) is 15.5. The molecule has 0 spiro atoms. The number of nitrogens with one attached hydrogen (secondary N) is 1. The molecule has 0 radical (unpaired) electrons. The molecule has 0 aliphatic carbocycles. The van der Waals surface area contributed by atoms with Gasteiger partial charge in [0.15, 0.2) is 0 Å². The van der Waals surface area contributed by atoms with Crippen molar-refractivity contribution < 1.29 is 14.3 Å². The molecule has 0 bridgehead atoms. The molecule has 1 atom stereocenters. The lowest BCUT2D eigenvalue weighted by atomic mass is 10.1. The van der Waals surface area contributed by atoms with Gasteiger partial charge in [0.1, 0.15) is 11.8 Å². The molecule has 1 fully saturated rings. The number of likely N-dealkylation sites (tertiary alicyclic amines) is 1. The number of halogens is 1. The van der Waals surface area contributed by atoms with Crippen molar-refractivity contribution in [2.45, 2.75) is 45.8 Å². The van der Waals surface area contributed by atoms with Crippen molar-refractivity contribution in [1.82, 2.24) is 15.1 Å². The average molecular weight is 458 g/mol. The van der Waals surface area contributed by atoms with E-state index in [1.54, 1.807) is 23.1 Å². The first-order valence-electron chi connectivity index (χ1n) is 11.2. The molecule has 0 saturated carbocycles. The number of methoxy groups -OCH3 is 1. The summed E-state index contributed by atoms with van der Waals surface area (Å²) in [5.74, 6) is 0.0919. The van der Waals surface area contributed by atoms with Crippen molar-refractivity contribution in [3.63, 3.8) is 0 Å². The van der Waals surface area contributed by atoms with Gasteiger partial charge < -0.3 is 15.0 Å². The Hall–Kier alpha value is -2.57. The third-order valence-electron chi connectivity index (χ3n) is 6.07. The van der Waals surface area contributed by atoms with Crippen LogP contribution in [0, 0.1) is 0 Å². The molecule has 2 aromatic rings. The standard InChI is InChI=1S/C25H32ClN3O3/c1-4-28(5-2)17-19-10-7-6-9-18(19)16-27-24(30)22-11-8-14-29(22)25(31)21-15-20(26)12-13-23(21)32-3/h6-7,9-10,12-13,15,22H,4-5,8,11,14,16-17H2,1-3H3,(H,27,30)/t22-/m0/s1. The number of amides is 2. The summed E-state index contributed by atoms with van der Waals surface area (Å²) in [5, 5.41) is 3.52. The molecule has 1 heterocycles. The molecule has 1 aliphatic rings. The van der Waals surface area contributed by atoms with Gasteiger partial charge >= 0.3 is 0 Å². The van der Waals surface area contributed by atoms with E-state index in [4.69, 9.17) is 16.3 Å². The molecule has 7 heteroatoms. The number of hydrogen-bond donors (Lipinski definition) is 1. The number of rotatable bonds is 9. The molecule has 172 valence electrons. The van der Waals surface area contributed by atoms with Crippen molar-refractivity contribution in [3.05, 3.63) is 64.2 Å². The predicted octanol–water partition coefficient (Wildman–Crippen LogP) is 4.11. The number of benzene rings is 2. The fraction of sp³-hybridized carbons (Fsp3) is 0.440. The Bertz CT molecular complexity index is 946. The second-order valence-corrected chi connectivity index (χ2v) is 8.39. The highest BCUT2D eigenvalue weighted by molar-refractivity contribution is 6.31. The molecule has 2 amide bonds. The maximum Gasteiger partial charge on any atom is 0.258 e. The molecule has 0 unspecified atom stereocenters. The zero-order chi connectivity index (χ0) is 23.1. The Morgan fingerprint density at radius 1 is 1.16 bits per heavy atom. The van der Waals surface area contributed by atoms with Crippen molar-refractivity contribution in [1.29, 1.82) is 0 Å². The van der Waals surface area contributed by atoms with Crippen LogP contribution in [0.4, 0.5) is 0 Å². The maximum absolute atomic E-state index is 13.2. The van der Waals surface area contributed by atoms with Crippen molar-refractivity contribution in [2.75, 3.05) is 26.7 Å². The second-order valence-electron chi connectivity index (χ2n) is 7.95. The van der Waals surface area contributed by atoms with Gasteiger partial charge in [-0.25, -0.2) is 0 Å². The van der Waals surface area contributed by atoms with E-state index >= 15 is 0 Å². The van der Waals surface area contributed by atoms with E-state index in [-0.39, 0.29) is 11.8 Å². The summed E-state index contributed by atoms with van der Waals surface area (Å²) in [5.41, 5.74) is 2.68. The van der Waals surface area contributed by atoms with E-state index in [1.165, 1.54) is 12.7 Å². The highest BCUT2D eigenvalue weighted by Gasteiger charge is 2.35. The Morgan fingerprint density at radius 3 is 2.56 bits per heavy atom. The smallest absolute Gasteiger partial charge is 0.258 e. The van der Waals surface area contributed by atoms with Gasteiger partial charge in [0, 0.05) is 24.7 Å². The van der Waals surface area contributed by atoms with Crippen LogP contribution in [0.2, 0.25) is 5.02 Å². The number of carbonyl (C=O) groups is 2. The molecule has 1 N–H and O–H groups in total. The minimum absolute atomic E-state index is 0.130. The zero-order valence-corrected chi connectivity index (χ0v) is 19.8. The van der Waals surface area contributed by atoms with E-state index in [2.05, 4.69) is 30.1 Å². The third kappa shape index (κ3) is 5.61. The normalized spacial score (nSPS) is 15.8. The summed E-state index contributed by atoms with van der Waals surface area (Å²) >= 11 is 6.10. The summed E-state index contributed by atoms with van der Waals surface area (Å²) in [6, 6.07) is 12.6. The Kier molecular flexibility index (Phi) is 8.53. The number of nitrogens with zero attached hydrogens (tertiary/aromatic N) is 2. The Balaban J connectivity index is 1.70. The van der Waals surface area contributed by atoms with Crippen LogP contribution in [0.15, 0.2) is 42.5 Å². The highest BCUT2D eigenvalue weighted by Crippen LogP contribution is 2.28. The molecular formula is C25H32ClN3O3. The van der Waals surface area contributed by atoms with Crippen LogP contribution in [0.25, 0.3) is 0 Å². The van der Waals surface area contributed by atoms with Gasteiger partial charge in [0.2, 0.25) is 5.91 Å². The predicted molar refractivity (Wildman–Crippen MR) is 127 cm³/mol. The molecule has 2 aromatic carbocycles. The SMILES string of the molecule is CCN(CC)Cc1ccccc1CNC(=O)[C@@H]1CCCN1C(=O)c1cc(Cl)ccc1OC. The number of hydrogen-bond acceptors (Lipinski definition) is 4. The van der Waals surface area contributed by atoms with Gasteiger partial charge in [-0.15, -0.1) is 0 Å². The summed E-state index contributed by atoms with van der Waals surface area (Å²) in [6.07, 6.45) is 1.42. The van der Waals surface area contributed by atoms with Gasteiger partial charge in [-0.05, 0) is 55.3 Å². The molecule has 1 saturated heterocycles. The van der Waals surface area contributed by atoms with E-state index in [9.17, 15) is 9.59 Å². The summed E-state index contributed by atoms with van der Waals surface area (Å²) in [6.45, 7) is 8.07. The van der Waals surface area contributed by atoms with Crippen LogP contribution < -0.4 is 10.1 Å². The summed E-state index contributed by atoms with van der Waals surface area (Å²) < 4.78 is 5.33. The van der Waals surface area contributed by atoms with Crippen LogP contribution >= 0.6 is 11.6 Å². The molecule has 0 aromatic heterocycles. The molecule has 32 heavy (non-hydrogen) atoms. The van der Waals surface area contributed by atoms with Gasteiger partial charge in [0.25, 0.3) is 5.91 Å². The fourth-order valence-electron chi connectivity index (χ4n) is 4.16. The van der Waals surface area contributed by atoms with Crippen molar-refractivity contribution in [2.24, 2.45) is 0 Å². The lowest BCUT2D eigenvalue weighted by Gasteiger charge is -2.25.